The number of nitrogens with one attached hydrogen (secondary N) is 1. The first-order valence-corrected chi connectivity index (χ1v) is 10.8. The number of hydrogen-bond acceptors (Lipinski definition) is 4. The monoisotopic (exact) mass is 466 g/mol. The van der Waals surface area contributed by atoms with Gasteiger partial charge < -0.3 is 19.7 Å². The van der Waals surface area contributed by atoms with Crippen molar-refractivity contribution in [3.63, 3.8) is 0 Å². The summed E-state index contributed by atoms with van der Waals surface area (Å²) in [5.41, 5.74) is 0.576. The van der Waals surface area contributed by atoms with Crippen molar-refractivity contribution in [1.82, 2.24) is 10.2 Å². The van der Waals surface area contributed by atoms with Gasteiger partial charge in [-0.2, -0.15) is 0 Å². The van der Waals surface area contributed by atoms with Crippen molar-refractivity contribution in [2.75, 3.05) is 13.7 Å². The number of hydrogen-bond donors (Lipinski definition) is 1. The van der Waals surface area contributed by atoms with Crippen LogP contribution in [0.5, 0.6) is 11.5 Å². The van der Waals surface area contributed by atoms with Gasteiger partial charge in [-0.3, -0.25) is 9.59 Å². The quantitative estimate of drug-likeness (QED) is 0.550. The molecule has 0 aliphatic heterocycles. The average molecular weight is 467 g/mol. The molecule has 0 aliphatic carbocycles. The van der Waals surface area contributed by atoms with E-state index in [2.05, 4.69) is 5.32 Å². The molecule has 2 aromatic carbocycles. The Balaban J connectivity index is 2.20. The van der Waals surface area contributed by atoms with E-state index in [9.17, 15) is 9.59 Å². The summed E-state index contributed by atoms with van der Waals surface area (Å²) in [6.07, 6.45) is 0.781. The Morgan fingerprint density at radius 1 is 1.03 bits per heavy atom. The predicted molar refractivity (Wildman–Crippen MR) is 123 cm³/mol. The summed E-state index contributed by atoms with van der Waals surface area (Å²) >= 11 is 12.6. The standard InChI is InChI=1S/C23H28Cl2N2O4/c1-5-15(2)26-23(29)16(3)27(13-19-20(24)7-6-8-21(19)25)22(28)14-31-18-11-9-17(30-4)10-12-18/h6-12,15-16H,5,13-14H2,1-4H3,(H,26,29)/t15-,16+/m1/s1. The van der Waals surface area contributed by atoms with E-state index < -0.39 is 6.04 Å². The van der Waals surface area contributed by atoms with E-state index in [4.69, 9.17) is 32.7 Å². The maximum Gasteiger partial charge on any atom is 0.261 e. The molecular weight excluding hydrogens is 439 g/mol. The van der Waals surface area contributed by atoms with Crippen LogP contribution in [-0.2, 0) is 16.1 Å². The van der Waals surface area contributed by atoms with Gasteiger partial charge in [-0.1, -0.05) is 36.2 Å². The zero-order chi connectivity index (χ0) is 23.0. The molecule has 0 spiro atoms. The fraction of sp³-hybridized carbons (Fsp3) is 0.391. The van der Waals surface area contributed by atoms with E-state index in [1.54, 1.807) is 56.5 Å². The fourth-order valence-electron chi connectivity index (χ4n) is 2.80. The van der Waals surface area contributed by atoms with Gasteiger partial charge in [0.05, 0.1) is 7.11 Å². The zero-order valence-corrected chi connectivity index (χ0v) is 19.7. The molecule has 2 amide bonds. The predicted octanol–water partition coefficient (Wildman–Crippen LogP) is 4.71. The summed E-state index contributed by atoms with van der Waals surface area (Å²) in [5, 5.41) is 3.77. The first-order valence-electron chi connectivity index (χ1n) is 10.1. The number of methoxy groups -OCH3 is 1. The van der Waals surface area contributed by atoms with Gasteiger partial charge in [0.1, 0.15) is 17.5 Å². The fourth-order valence-corrected chi connectivity index (χ4v) is 3.32. The van der Waals surface area contributed by atoms with Crippen LogP contribution < -0.4 is 14.8 Å². The third kappa shape index (κ3) is 7.04. The van der Waals surface area contributed by atoms with Crippen molar-refractivity contribution in [3.05, 3.63) is 58.1 Å². The lowest BCUT2D eigenvalue weighted by Crippen LogP contribution is -2.50. The lowest BCUT2D eigenvalue weighted by atomic mass is 10.1. The van der Waals surface area contributed by atoms with Crippen LogP contribution >= 0.6 is 23.2 Å². The van der Waals surface area contributed by atoms with Crippen molar-refractivity contribution in [3.8, 4) is 11.5 Å². The SMILES string of the molecule is CC[C@@H](C)NC(=O)[C@H](C)N(Cc1c(Cl)cccc1Cl)C(=O)COc1ccc(OC)cc1. The molecule has 6 nitrogen and oxygen atoms in total. The van der Waals surface area contributed by atoms with Crippen LogP contribution in [0.4, 0.5) is 0 Å². The second-order valence-corrected chi connectivity index (χ2v) is 7.99. The van der Waals surface area contributed by atoms with Crippen LogP contribution in [0.1, 0.15) is 32.8 Å². The van der Waals surface area contributed by atoms with Gasteiger partial charge in [0.25, 0.3) is 5.91 Å². The molecule has 0 fully saturated rings. The van der Waals surface area contributed by atoms with Gasteiger partial charge in [-0.15, -0.1) is 0 Å². The smallest absolute Gasteiger partial charge is 0.261 e. The van der Waals surface area contributed by atoms with E-state index in [1.165, 1.54) is 4.90 Å². The van der Waals surface area contributed by atoms with Crippen LogP contribution in [-0.4, -0.2) is 42.5 Å². The maximum atomic E-state index is 13.1. The lowest BCUT2D eigenvalue weighted by Gasteiger charge is -2.30. The number of rotatable bonds is 10. The van der Waals surface area contributed by atoms with E-state index in [0.29, 0.717) is 27.1 Å². The number of benzene rings is 2. The van der Waals surface area contributed by atoms with E-state index >= 15 is 0 Å². The highest BCUT2D eigenvalue weighted by atomic mass is 35.5. The average Bonchev–Trinajstić information content (AvgIpc) is 2.77. The number of amides is 2. The second kappa shape index (κ2) is 11.8. The Labute approximate surface area is 193 Å². The Bertz CT molecular complexity index is 869. The van der Waals surface area contributed by atoms with Crippen LogP contribution in [0.25, 0.3) is 0 Å². The normalized spacial score (nSPS) is 12.6. The van der Waals surface area contributed by atoms with Gasteiger partial charge in [-0.25, -0.2) is 0 Å². The van der Waals surface area contributed by atoms with Gasteiger partial charge in [0, 0.05) is 28.2 Å². The Morgan fingerprint density at radius 2 is 1.61 bits per heavy atom. The number of nitrogens with zero attached hydrogens (tertiary/aromatic N) is 1. The Kier molecular flexibility index (Phi) is 9.46. The minimum atomic E-state index is -0.742. The molecule has 0 unspecified atom stereocenters. The summed E-state index contributed by atoms with van der Waals surface area (Å²) in [4.78, 5) is 27.2. The molecule has 0 radical (unpaired) electrons. The molecule has 0 heterocycles. The van der Waals surface area contributed by atoms with Crippen LogP contribution in [0.3, 0.4) is 0 Å². The molecule has 0 aromatic heterocycles. The van der Waals surface area contributed by atoms with Crippen molar-refractivity contribution in [2.45, 2.75) is 45.8 Å². The van der Waals surface area contributed by atoms with E-state index in [0.717, 1.165) is 6.42 Å². The summed E-state index contributed by atoms with van der Waals surface area (Å²) in [5.74, 6) is 0.583. The molecule has 2 aromatic rings. The molecule has 1 N–H and O–H groups in total. The highest BCUT2D eigenvalue weighted by Crippen LogP contribution is 2.27. The summed E-state index contributed by atoms with van der Waals surface area (Å²) in [7, 11) is 1.57. The van der Waals surface area contributed by atoms with Crippen molar-refractivity contribution < 1.29 is 19.1 Å². The van der Waals surface area contributed by atoms with E-state index in [1.807, 2.05) is 13.8 Å². The minimum Gasteiger partial charge on any atom is -0.497 e. The van der Waals surface area contributed by atoms with Gasteiger partial charge in [-0.05, 0) is 56.7 Å². The third-order valence-electron chi connectivity index (χ3n) is 4.98. The first-order chi connectivity index (χ1) is 14.8. The number of ether oxygens (including phenoxy) is 2. The zero-order valence-electron chi connectivity index (χ0n) is 18.2. The highest BCUT2D eigenvalue weighted by molar-refractivity contribution is 6.36. The Hall–Kier alpha value is -2.44. The van der Waals surface area contributed by atoms with Gasteiger partial charge in [0.2, 0.25) is 5.91 Å². The lowest BCUT2D eigenvalue weighted by molar-refractivity contribution is -0.142. The molecule has 0 saturated carbocycles. The molecule has 0 saturated heterocycles. The summed E-state index contributed by atoms with van der Waals surface area (Å²) in [6, 6.07) is 11.3. The molecular formula is C23H28Cl2N2O4. The molecule has 0 bridgehead atoms. The van der Waals surface area contributed by atoms with Gasteiger partial charge in [0.15, 0.2) is 6.61 Å². The minimum absolute atomic E-state index is 0.00801. The molecule has 2 rings (SSSR count). The second-order valence-electron chi connectivity index (χ2n) is 7.18. The van der Waals surface area contributed by atoms with E-state index in [-0.39, 0.29) is 31.0 Å². The number of carbonyl (C=O) groups is 2. The van der Waals surface area contributed by atoms with Crippen LogP contribution in [0.15, 0.2) is 42.5 Å². The van der Waals surface area contributed by atoms with Crippen LogP contribution in [0.2, 0.25) is 10.0 Å². The van der Waals surface area contributed by atoms with Crippen LogP contribution in [0, 0.1) is 0 Å². The van der Waals surface area contributed by atoms with Gasteiger partial charge >= 0.3 is 0 Å². The van der Waals surface area contributed by atoms with Crippen molar-refractivity contribution in [2.24, 2.45) is 0 Å². The first kappa shape index (κ1) is 24.8. The Morgan fingerprint density at radius 3 is 2.16 bits per heavy atom. The largest absolute Gasteiger partial charge is 0.497 e. The topological polar surface area (TPSA) is 67.9 Å². The third-order valence-corrected chi connectivity index (χ3v) is 5.69. The molecule has 2 atom stereocenters. The molecule has 0 aliphatic rings. The highest BCUT2D eigenvalue weighted by Gasteiger charge is 2.28. The van der Waals surface area contributed by atoms with Crippen molar-refractivity contribution in [1.29, 1.82) is 0 Å². The maximum absolute atomic E-state index is 13.1. The molecule has 168 valence electrons. The molecule has 31 heavy (non-hydrogen) atoms. The summed E-state index contributed by atoms with van der Waals surface area (Å²) in [6.45, 7) is 5.40. The molecule has 8 heteroatoms. The summed E-state index contributed by atoms with van der Waals surface area (Å²) < 4.78 is 10.8. The van der Waals surface area contributed by atoms with Crippen molar-refractivity contribution >= 4 is 35.0 Å². The number of carbonyl (C=O) groups excluding carboxylic acids is 2. The number of halogens is 2.